The molecule has 1 fully saturated rings. The van der Waals surface area contributed by atoms with E-state index in [1.54, 1.807) is 6.07 Å². The standard InChI is InChI=1S/C10H16N4O/c11-8-1-2-9(13-10(8)12)14-5-3-7(15)4-6-14/h1-2,7,15H,3-6,11H2,(H2,12,13). The van der Waals surface area contributed by atoms with E-state index in [1.807, 2.05) is 6.07 Å². The van der Waals surface area contributed by atoms with Gasteiger partial charge >= 0.3 is 0 Å². The largest absolute Gasteiger partial charge is 0.396 e. The predicted molar refractivity (Wildman–Crippen MR) is 60.5 cm³/mol. The molecule has 0 aromatic carbocycles. The monoisotopic (exact) mass is 208 g/mol. The highest BCUT2D eigenvalue weighted by atomic mass is 16.3. The van der Waals surface area contributed by atoms with Crippen molar-refractivity contribution in [2.24, 2.45) is 0 Å². The van der Waals surface area contributed by atoms with Crippen molar-refractivity contribution in [3.8, 4) is 0 Å². The highest BCUT2D eigenvalue weighted by Gasteiger charge is 2.18. The van der Waals surface area contributed by atoms with Crippen molar-refractivity contribution >= 4 is 17.3 Å². The Morgan fingerprint density at radius 3 is 2.53 bits per heavy atom. The molecule has 2 rings (SSSR count). The summed E-state index contributed by atoms with van der Waals surface area (Å²) in [5.74, 6) is 1.22. The molecular formula is C10H16N4O. The van der Waals surface area contributed by atoms with Crippen molar-refractivity contribution < 1.29 is 5.11 Å². The van der Waals surface area contributed by atoms with Crippen LogP contribution in [0.25, 0.3) is 0 Å². The summed E-state index contributed by atoms with van der Waals surface area (Å²) in [6, 6.07) is 3.63. The summed E-state index contributed by atoms with van der Waals surface area (Å²) in [5, 5.41) is 9.38. The van der Waals surface area contributed by atoms with Crippen LogP contribution in [0.4, 0.5) is 17.3 Å². The van der Waals surface area contributed by atoms with Gasteiger partial charge in [0.25, 0.3) is 0 Å². The molecule has 0 bridgehead atoms. The maximum Gasteiger partial charge on any atom is 0.149 e. The van der Waals surface area contributed by atoms with Crippen LogP contribution < -0.4 is 16.4 Å². The van der Waals surface area contributed by atoms with Gasteiger partial charge in [0, 0.05) is 13.1 Å². The number of piperidine rings is 1. The molecule has 15 heavy (non-hydrogen) atoms. The Morgan fingerprint density at radius 2 is 1.93 bits per heavy atom. The van der Waals surface area contributed by atoms with E-state index in [0.717, 1.165) is 31.7 Å². The third-order valence-electron chi connectivity index (χ3n) is 2.73. The summed E-state index contributed by atoms with van der Waals surface area (Å²) in [7, 11) is 0. The first-order valence-corrected chi connectivity index (χ1v) is 5.12. The lowest BCUT2D eigenvalue weighted by atomic mass is 10.1. The van der Waals surface area contributed by atoms with Crippen molar-refractivity contribution in [2.45, 2.75) is 18.9 Å². The molecule has 1 saturated heterocycles. The molecule has 1 aromatic rings. The van der Waals surface area contributed by atoms with Crippen LogP contribution in [0.3, 0.4) is 0 Å². The van der Waals surface area contributed by atoms with Gasteiger partial charge in [-0.1, -0.05) is 0 Å². The minimum atomic E-state index is -0.174. The molecule has 1 aromatic heterocycles. The van der Waals surface area contributed by atoms with Crippen molar-refractivity contribution in [1.82, 2.24) is 4.98 Å². The van der Waals surface area contributed by atoms with Crippen molar-refractivity contribution in [3.63, 3.8) is 0 Å². The van der Waals surface area contributed by atoms with Gasteiger partial charge in [0.15, 0.2) is 0 Å². The Balaban J connectivity index is 2.12. The molecular weight excluding hydrogens is 192 g/mol. The van der Waals surface area contributed by atoms with Crippen molar-refractivity contribution in [1.29, 1.82) is 0 Å². The molecule has 1 aliphatic rings. The number of pyridine rings is 1. The second kappa shape index (κ2) is 3.94. The molecule has 0 saturated carbocycles. The maximum atomic E-state index is 9.38. The minimum absolute atomic E-state index is 0.174. The van der Waals surface area contributed by atoms with E-state index in [4.69, 9.17) is 11.5 Å². The number of aliphatic hydroxyl groups is 1. The topological polar surface area (TPSA) is 88.4 Å². The van der Waals surface area contributed by atoms with Crippen LogP contribution >= 0.6 is 0 Å². The average Bonchev–Trinajstić information content (AvgIpc) is 2.23. The Bertz CT molecular complexity index is 347. The van der Waals surface area contributed by atoms with Gasteiger partial charge < -0.3 is 21.5 Å². The van der Waals surface area contributed by atoms with Crippen LogP contribution in [-0.4, -0.2) is 29.3 Å². The molecule has 5 N–H and O–H groups in total. The summed E-state index contributed by atoms with van der Waals surface area (Å²) < 4.78 is 0. The Kier molecular flexibility index (Phi) is 2.64. The zero-order valence-corrected chi connectivity index (χ0v) is 8.56. The summed E-state index contributed by atoms with van der Waals surface area (Å²) in [5.41, 5.74) is 11.7. The highest BCUT2D eigenvalue weighted by Crippen LogP contribution is 2.21. The van der Waals surface area contributed by atoms with Gasteiger partial charge in [-0.15, -0.1) is 0 Å². The van der Waals surface area contributed by atoms with Crippen LogP contribution in [0.5, 0.6) is 0 Å². The maximum absolute atomic E-state index is 9.38. The van der Waals surface area contributed by atoms with Crippen molar-refractivity contribution in [3.05, 3.63) is 12.1 Å². The zero-order chi connectivity index (χ0) is 10.8. The number of aromatic nitrogens is 1. The Labute approximate surface area is 88.7 Å². The lowest BCUT2D eigenvalue weighted by Gasteiger charge is -2.30. The van der Waals surface area contributed by atoms with Gasteiger partial charge in [0.1, 0.15) is 11.6 Å². The predicted octanol–water partition coefficient (Wildman–Crippen LogP) is 0.207. The number of aliphatic hydroxyl groups excluding tert-OH is 1. The molecule has 5 nitrogen and oxygen atoms in total. The van der Waals surface area contributed by atoms with Crippen LogP contribution in [0.15, 0.2) is 12.1 Å². The van der Waals surface area contributed by atoms with Crippen LogP contribution in [-0.2, 0) is 0 Å². The van der Waals surface area contributed by atoms with E-state index in [2.05, 4.69) is 9.88 Å². The first kappa shape index (κ1) is 10.0. The lowest BCUT2D eigenvalue weighted by Crippen LogP contribution is -2.36. The van der Waals surface area contributed by atoms with E-state index in [-0.39, 0.29) is 6.10 Å². The summed E-state index contributed by atoms with van der Waals surface area (Å²) in [6.45, 7) is 1.63. The molecule has 0 atom stereocenters. The number of anilines is 3. The van der Waals surface area contributed by atoms with E-state index < -0.39 is 0 Å². The van der Waals surface area contributed by atoms with E-state index in [0.29, 0.717) is 11.5 Å². The normalized spacial score (nSPS) is 18.1. The van der Waals surface area contributed by atoms with Gasteiger partial charge in [-0.05, 0) is 25.0 Å². The van der Waals surface area contributed by atoms with Gasteiger partial charge in [-0.3, -0.25) is 0 Å². The third kappa shape index (κ3) is 2.12. The molecule has 1 aliphatic heterocycles. The molecule has 2 heterocycles. The van der Waals surface area contributed by atoms with Crippen LogP contribution in [0, 0.1) is 0 Å². The summed E-state index contributed by atoms with van der Waals surface area (Å²) in [6.07, 6.45) is 1.39. The van der Waals surface area contributed by atoms with E-state index in [9.17, 15) is 5.11 Å². The number of nitrogens with two attached hydrogens (primary N) is 2. The first-order chi connectivity index (χ1) is 7.16. The molecule has 5 heteroatoms. The van der Waals surface area contributed by atoms with E-state index in [1.165, 1.54) is 0 Å². The molecule has 0 spiro atoms. The van der Waals surface area contributed by atoms with Crippen molar-refractivity contribution in [2.75, 3.05) is 29.5 Å². The number of hydrogen-bond donors (Lipinski definition) is 3. The number of hydrogen-bond acceptors (Lipinski definition) is 5. The molecule has 0 aliphatic carbocycles. The highest BCUT2D eigenvalue weighted by molar-refractivity contribution is 5.62. The third-order valence-corrected chi connectivity index (χ3v) is 2.73. The van der Waals surface area contributed by atoms with Crippen LogP contribution in [0.1, 0.15) is 12.8 Å². The number of rotatable bonds is 1. The number of nitrogen functional groups attached to an aromatic ring is 2. The fourth-order valence-electron chi connectivity index (χ4n) is 1.75. The lowest BCUT2D eigenvalue weighted by molar-refractivity contribution is 0.145. The Morgan fingerprint density at radius 1 is 1.27 bits per heavy atom. The average molecular weight is 208 g/mol. The summed E-state index contributed by atoms with van der Waals surface area (Å²) in [4.78, 5) is 6.33. The smallest absolute Gasteiger partial charge is 0.149 e. The molecule has 82 valence electrons. The fourth-order valence-corrected chi connectivity index (χ4v) is 1.75. The van der Waals surface area contributed by atoms with Gasteiger partial charge in [0.05, 0.1) is 11.8 Å². The Hall–Kier alpha value is -1.49. The van der Waals surface area contributed by atoms with Gasteiger partial charge in [0.2, 0.25) is 0 Å². The van der Waals surface area contributed by atoms with E-state index >= 15 is 0 Å². The minimum Gasteiger partial charge on any atom is -0.396 e. The SMILES string of the molecule is Nc1ccc(N2CCC(O)CC2)nc1N. The second-order valence-corrected chi connectivity index (χ2v) is 3.86. The fraction of sp³-hybridized carbons (Fsp3) is 0.500. The molecule has 0 amide bonds. The first-order valence-electron chi connectivity index (χ1n) is 5.12. The zero-order valence-electron chi connectivity index (χ0n) is 8.56. The molecule has 0 radical (unpaired) electrons. The van der Waals surface area contributed by atoms with Gasteiger partial charge in [-0.25, -0.2) is 4.98 Å². The second-order valence-electron chi connectivity index (χ2n) is 3.86. The molecule has 0 unspecified atom stereocenters. The van der Waals surface area contributed by atoms with Crippen LogP contribution in [0.2, 0.25) is 0 Å². The number of nitrogens with zero attached hydrogens (tertiary/aromatic N) is 2. The van der Waals surface area contributed by atoms with Gasteiger partial charge in [-0.2, -0.15) is 0 Å². The quantitative estimate of drug-likeness (QED) is 0.614. The summed E-state index contributed by atoms with van der Waals surface area (Å²) >= 11 is 0.